The minimum Gasteiger partial charge on any atom is -0.497 e. The number of aromatic nitrogens is 2. The van der Waals surface area contributed by atoms with Gasteiger partial charge in [0.05, 0.1) is 14.2 Å². The highest BCUT2D eigenvalue weighted by molar-refractivity contribution is 5.76. The number of nitrogens with two attached hydrogens (primary N) is 1. The SMILES string of the molecule is COc1cc(OC)cc(C(NC(=O)N2CCC(NC(N)=O)C2)c2nccn2C)c1. The lowest BCUT2D eigenvalue weighted by Gasteiger charge is -2.24. The summed E-state index contributed by atoms with van der Waals surface area (Å²) in [5.74, 6) is 1.89. The molecule has 2 heterocycles. The molecule has 0 aliphatic carbocycles. The second-order valence-corrected chi connectivity index (χ2v) is 6.87. The largest absolute Gasteiger partial charge is 0.497 e. The molecule has 1 aromatic heterocycles. The van der Waals surface area contributed by atoms with Crippen LogP contribution < -0.4 is 25.8 Å². The summed E-state index contributed by atoms with van der Waals surface area (Å²) in [5, 5.41) is 5.69. The first-order valence-electron chi connectivity index (χ1n) is 9.23. The highest BCUT2D eigenvalue weighted by atomic mass is 16.5. The van der Waals surface area contributed by atoms with Crippen molar-refractivity contribution >= 4 is 12.1 Å². The molecule has 4 amide bonds. The van der Waals surface area contributed by atoms with Gasteiger partial charge in [-0.25, -0.2) is 14.6 Å². The van der Waals surface area contributed by atoms with Gasteiger partial charge in [0.25, 0.3) is 0 Å². The zero-order valence-corrected chi connectivity index (χ0v) is 16.7. The Kier molecular flexibility index (Phi) is 6.10. The highest BCUT2D eigenvalue weighted by Crippen LogP contribution is 2.29. The molecule has 1 aliphatic rings. The fourth-order valence-corrected chi connectivity index (χ4v) is 3.43. The molecule has 1 aliphatic heterocycles. The number of carbonyl (C=O) groups is 2. The van der Waals surface area contributed by atoms with E-state index in [0.29, 0.717) is 36.8 Å². The van der Waals surface area contributed by atoms with Gasteiger partial charge in [-0.2, -0.15) is 0 Å². The first-order chi connectivity index (χ1) is 13.9. The lowest BCUT2D eigenvalue weighted by molar-refractivity contribution is 0.204. The first kappa shape index (κ1) is 20.3. The van der Waals surface area contributed by atoms with Crippen molar-refractivity contribution < 1.29 is 19.1 Å². The summed E-state index contributed by atoms with van der Waals surface area (Å²) in [6, 6.07) is 3.92. The number of carbonyl (C=O) groups excluding carboxylic acids is 2. The van der Waals surface area contributed by atoms with Gasteiger partial charge in [-0.15, -0.1) is 0 Å². The van der Waals surface area contributed by atoms with Gasteiger partial charge < -0.3 is 35.3 Å². The Balaban J connectivity index is 1.85. The fraction of sp³-hybridized carbons (Fsp3) is 0.421. The molecule has 156 valence electrons. The van der Waals surface area contributed by atoms with Crippen molar-refractivity contribution in [2.45, 2.75) is 18.5 Å². The summed E-state index contributed by atoms with van der Waals surface area (Å²) in [5.41, 5.74) is 5.96. The van der Waals surface area contributed by atoms with Crippen molar-refractivity contribution in [3.05, 3.63) is 42.0 Å². The molecule has 2 aromatic rings. The molecule has 29 heavy (non-hydrogen) atoms. The number of likely N-dealkylation sites (tertiary alicyclic amines) is 1. The number of rotatable bonds is 6. The molecule has 10 nitrogen and oxygen atoms in total. The van der Waals surface area contributed by atoms with Gasteiger partial charge in [-0.1, -0.05) is 0 Å². The molecule has 3 rings (SSSR count). The molecule has 0 spiro atoms. The van der Waals surface area contributed by atoms with E-state index < -0.39 is 12.1 Å². The lowest BCUT2D eigenvalue weighted by Crippen LogP contribution is -2.44. The maximum Gasteiger partial charge on any atom is 0.318 e. The summed E-state index contributed by atoms with van der Waals surface area (Å²) >= 11 is 0. The van der Waals surface area contributed by atoms with Crippen molar-refractivity contribution in [1.82, 2.24) is 25.1 Å². The molecule has 1 aromatic carbocycles. The standard InChI is InChI=1S/C19H26N6O4/c1-24-7-5-21-17(24)16(12-8-14(28-2)10-15(9-12)29-3)23-19(27)25-6-4-13(11-25)22-18(20)26/h5,7-10,13,16H,4,6,11H2,1-3H3,(H,23,27)(H3,20,22,26). The van der Waals surface area contributed by atoms with E-state index in [0.717, 1.165) is 5.56 Å². The van der Waals surface area contributed by atoms with E-state index in [1.165, 1.54) is 0 Å². The quantitative estimate of drug-likeness (QED) is 0.664. The third kappa shape index (κ3) is 4.71. The molecular formula is C19H26N6O4. The number of hydrogen-bond acceptors (Lipinski definition) is 5. The molecule has 4 N–H and O–H groups in total. The summed E-state index contributed by atoms with van der Waals surface area (Å²) in [6.07, 6.45) is 4.14. The summed E-state index contributed by atoms with van der Waals surface area (Å²) in [7, 11) is 5.01. The number of ether oxygens (including phenoxy) is 2. The van der Waals surface area contributed by atoms with E-state index in [2.05, 4.69) is 15.6 Å². The Morgan fingerprint density at radius 1 is 1.24 bits per heavy atom. The number of urea groups is 2. The van der Waals surface area contributed by atoms with Crippen LogP contribution in [0.15, 0.2) is 30.6 Å². The van der Waals surface area contributed by atoms with E-state index in [9.17, 15) is 9.59 Å². The topological polar surface area (TPSA) is 124 Å². The second kappa shape index (κ2) is 8.72. The maximum atomic E-state index is 12.9. The van der Waals surface area contributed by atoms with Gasteiger partial charge in [0.2, 0.25) is 0 Å². The van der Waals surface area contributed by atoms with E-state index in [1.807, 2.05) is 29.9 Å². The maximum absolute atomic E-state index is 12.9. The average molecular weight is 402 g/mol. The zero-order chi connectivity index (χ0) is 21.0. The minimum absolute atomic E-state index is 0.151. The Labute approximate surface area is 169 Å². The van der Waals surface area contributed by atoms with Crippen LogP contribution in [0.25, 0.3) is 0 Å². The monoisotopic (exact) mass is 402 g/mol. The summed E-state index contributed by atoms with van der Waals surface area (Å²) in [4.78, 5) is 30.1. The number of methoxy groups -OCH3 is 2. The third-order valence-corrected chi connectivity index (χ3v) is 4.91. The molecule has 10 heteroatoms. The van der Waals surface area contributed by atoms with Gasteiger partial charge in [0.15, 0.2) is 0 Å². The van der Waals surface area contributed by atoms with E-state index >= 15 is 0 Å². The fourth-order valence-electron chi connectivity index (χ4n) is 3.43. The van der Waals surface area contributed by atoms with Crippen molar-refractivity contribution in [1.29, 1.82) is 0 Å². The van der Waals surface area contributed by atoms with Crippen LogP contribution in [0.2, 0.25) is 0 Å². The highest BCUT2D eigenvalue weighted by Gasteiger charge is 2.30. The number of aryl methyl sites for hydroxylation is 1. The number of nitrogens with zero attached hydrogens (tertiary/aromatic N) is 3. The van der Waals surface area contributed by atoms with Crippen LogP contribution >= 0.6 is 0 Å². The summed E-state index contributed by atoms with van der Waals surface area (Å²) in [6.45, 7) is 0.912. The van der Waals surface area contributed by atoms with Crippen molar-refractivity contribution in [3.8, 4) is 11.5 Å². The zero-order valence-electron chi connectivity index (χ0n) is 16.7. The Bertz CT molecular complexity index is 861. The molecule has 1 saturated heterocycles. The number of hydrogen-bond donors (Lipinski definition) is 3. The van der Waals surface area contributed by atoms with Gasteiger partial charge >= 0.3 is 12.1 Å². The van der Waals surface area contributed by atoms with Crippen LogP contribution in [0.4, 0.5) is 9.59 Å². The average Bonchev–Trinajstić information content (AvgIpc) is 3.34. The molecule has 2 unspecified atom stereocenters. The number of amides is 4. The Morgan fingerprint density at radius 3 is 2.48 bits per heavy atom. The normalized spacial score (nSPS) is 16.9. The van der Waals surface area contributed by atoms with Crippen LogP contribution in [0.1, 0.15) is 23.9 Å². The predicted molar refractivity (Wildman–Crippen MR) is 106 cm³/mol. The molecule has 2 atom stereocenters. The van der Waals surface area contributed by atoms with Crippen molar-refractivity contribution in [2.24, 2.45) is 12.8 Å². The van der Waals surface area contributed by atoms with Crippen molar-refractivity contribution in [3.63, 3.8) is 0 Å². The molecule has 1 fully saturated rings. The van der Waals surface area contributed by atoms with Crippen LogP contribution in [0.5, 0.6) is 11.5 Å². The van der Waals surface area contributed by atoms with Gasteiger partial charge in [-0.3, -0.25) is 0 Å². The Hall–Kier alpha value is -3.43. The lowest BCUT2D eigenvalue weighted by atomic mass is 10.1. The first-order valence-corrected chi connectivity index (χ1v) is 9.23. The van der Waals surface area contributed by atoms with Crippen LogP contribution in [-0.2, 0) is 7.05 Å². The molecule has 0 bridgehead atoms. The second-order valence-electron chi connectivity index (χ2n) is 6.87. The third-order valence-electron chi connectivity index (χ3n) is 4.91. The minimum atomic E-state index is -0.591. The smallest absolute Gasteiger partial charge is 0.318 e. The van der Waals surface area contributed by atoms with Crippen LogP contribution in [0, 0.1) is 0 Å². The van der Waals surface area contributed by atoms with E-state index in [1.54, 1.807) is 31.4 Å². The van der Waals surface area contributed by atoms with Gasteiger partial charge in [0, 0.05) is 44.6 Å². The Morgan fingerprint density at radius 2 is 1.93 bits per heavy atom. The number of primary amides is 1. The van der Waals surface area contributed by atoms with E-state index in [4.69, 9.17) is 15.2 Å². The number of imidazole rings is 1. The van der Waals surface area contributed by atoms with E-state index in [-0.39, 0.29) is 12.1 Å². The van der Waals surface area contributed by atoms with Crippen LogP contribution in [0.3, 0.4) is 0 Å². The van der Waals surface area contributed by atoms with Gasteiger partial charge in [0.1, 0.15) is 23.4 Å². The molecular weight excluding hydrogens is 376 g/mol. The summed E-state index contributed by atoms with van der Waals surface area (Å²) < 4.78 is 12.6. The predicted octanol–water partition coefficient (Wildman–Crippen LogP) is 0.979. The van der Waals surface area contributed by atoms with Crippen LogP contribution in [-0.4, -0.2) is 59.9 Å². The van der Waals surface area contributed by atoms with Crippen molar-refractivity contribution in [2.75, 3.05) is 27.3 Å². The van der Waals surface area contributed by atoms with Gasteiger partial charge in [-0.05, 0) is 24.1 Å². The molecule has 0 saturated carbocycles. The molecule has 0 radical (unpaired) electrons. The number of nitrogens with one attached hydrogen (secondary N) is 2. The number of benzene rings is 1.